The van der Waals surface area contributed by atoms with Crippen molar-refractivity contribution in [1.29, 1.82) is 0 Å². The molecule has 0 bridgehead atoms. The number of anilines is 2. The fraction of sp³-hybridized carbons (Fsp3) is 0.476. The number of carbonyl (C=O) groups is 1. The highest BCUT2D eigenvalue weighted by atomic mass is 16.5. The zero-order valence-electron chi connectivity index (χ0n) is 16.7. The molecule has 1 unspecified atom stereocenters. The Labute approximate surface area is 170 Å². The van der Waals surface area contributed by atoms with Crippen LogP contribution in [0, 0.1) is 0 Å². The highest BCUT2D eigenvalue weighted by Gasteiger charge is 2.23. The zero-order chi connectivity index (χ0) is 20.1. The van der Waals surface area contributed by atoms with Gasteiger partial charge in [0, 0.05) is 44.9 Å². The van der Waals surface area contributed by atoms with E-state index >= 15 is 0 Å². The second-order valence-electron chi connectivity index (χ2n) is 7.30. The molecule has 0 spiro atoms. The van der Waals surface area contributed by atoms with E-state index in [2.05, 4.69) is 20.4 Å². The number of rotatable bonds is 6. The predicted molar refractivity (Wildman–Crippen MR) is 111 cm³/mol. The summed E-state index contributed by atoms with van der Waals surface area (Å²) in [5, 5.41) is 11.9. The summed E-state index contributed by atoms with van der Waals surface area (Å²) >= 11 is 0. The molecule has 0 saturated carbocycles. The molecule has 2 aromatic rings. The number of hydrogen-bond acceptors (Lipinski definition) is 7. The number of amides is 1. The molecule has 2 fully saturated rings. The number of benzene rings is 1. The molecular weight excluding hydrogens is 370 g/mol. The topological polar surface area (TPSA) is 79.8 Å². The van der Waals surface area contributed by atoms with E-state index in [-0.39, 0.29) is 12.0 Å². The van der Waals surface area contributed by atoms with Crippen LogP contribution in [0.25, 0.3) is 0 Å². The number of nitrogens with one attached hydrogen (secondary N) is 1. The van der Waals surface area contributed by atoms with E-state index in [1.807, 2.05) is 29.2 Å². The van der Waals surface area contributed by atoms with Gasteiger partial charge in [-0.2, -0.15) is 0 Å². The highest BCUT2D eigenvalue weighted by molar-refractivity contribution is 5.94. The molecule has 29 heavy (non-hydrogen) atoms. The molecule has 3 heterocycles. The van der Waals surface area contributed by atoms with Crippen LogP contribution in [-0.2, 0) is 4.74 Å². The molecule has 1 aromatic heterocycles. The first-order valence-electron chi connectivity index (χ1n) is 10.1. The van der Waals surface area contributed by atoms with Gasteiger partial charge in [0.05, 0.1) is 13.2 Å². The number of hydrogen-bond donors (Lipinski definition) is 1. The van der Waals surface area contributed by atoms with Crippen LogP contribution in [0.15, 0.2) is 36.4 Å². The number of piperazine rings is 1. The molecule has 2 aliphatic rings. The molecule has 1 aromatic carbocycles. The third kappa shape index (κ3) is 4.76. The van der Waals surface area contributed by atoms with Crippen LogP contribution in [0.3, 0.4) is 0 Å². The maximum absolute atomic E-state index is 12.7. The SMILES string of the molecule is COc1ccc(C(=O)N2CCN(c3ccc(NCC4CCCO4)nn3)CC2)cc1. The molecule has 8 heteroatoms. The molecule has 2 aliphatic heterocycles. The third-order valence-corrected chi connectivity index (χ3v) is 5.41. The highest BCUT2D eigenvalue weighted by Crippen LogP contribution is 2.18. The van der Waals surface area contributed by atoms with E-state index in [1.165, 1.54) is 0 Å². The summed E-state index contributed by atoms with van der Waals surface area (Å²) in [6, 6.07) is 11.2. The van der Waals surface area contributed by atoms with Gasteiger partial charge >= 0.3 is 0 Å². The zero-order valence-corrected chi connectivity index (χ0v) is 16.7. The lowest BCUT2D eigenvalue weighted by atomic mass is 10.1. The van der Waals surface area contributed by atoms with Crippen molar-refractivity contribution in [3.05, 3.63) is 42.0 Å². The van der Waals surface area contributed by atoms with Gasteiger partial charge in [-0.1, -0.05) is 0 Å². The minimum Gasteiger partial charge on any atom is -0.497 e. The predicted octanol–water partition coefficient (Wildman–Crippen LogP) is 2.04. The molecule has 8 nitrogen and oxygen atoms in total. The third-order valence-electron chi connectivity index (χ3n) is 5.41. The Balaban J connectivity index is 1.27. The lowest BCUT2D eigenvalue weighted by Crippen LogP contribution is -2.49. The monoisotopic (exact) mass is 397 g/mol. The number of methoxy groups -OCH3 is 1. The van der Waals surface area contributed by atoms with E-state index < -0.39 is 0 Å². The van der Waals surface area contributed by atoms with E-state index in [0.717, 1.165) is 56.5 Å². The summed E-state index contributed by atoms with van der Waals surface area (Å²) in [6.07, 6.45) is 2.50. The summed E-state index contributed by atoms with van der Waals surface area (Å²) in [6.45, 7) is 4.40. The van der Waals surface area contributed by atoms with Crippen molar-refractivity contribution in [3.63, 3.8) is 0 Å². The molecule has 2 saturated heterocycles. The van der Waals surface area contributed by atoms with Crippen molar-refractivity contribution < 1.29 is 14.3 Å². The number of ether oxygens (including phenoxy) is 2. The van der Waals surface area contributed by atoms with Crippen molar-refractivity contribution >= 4 is 17.5 Å². The standard InChI is InChI=1S/C21H27N5O3/c1-28-17-6-4-16(5-7-17)21(27)26-12-10-25(11-13-26)20-9-8-19(23-24-20)22-15-18-3-2-14-29-18/h4-9,18H,2-3,10-15H2,1H3,(H,22,23). The van der Waals surface area contributed by atoms with Gasteiger partial charge in [-0.15, -0.1) is 10.2 Å². The Morgan fingerprint density at radius 1 is 1.14 bits per heavy atom. The number of carbonyl (C=O) groups excluding carboxylic acids is 1. The van der Waals surface area contributed by atoms with Gasteiger partial charge in [0.1, 0.15) is 11.6 Å². The molecule has 1 amide bonds. The molecule has 1 N–H and O–H groups in total. The summed E-state index contributed by atoms with van der Waals surface area (Å²) in [5.74, 6) is 2.40. The van der Waals surface area contributed by atoms with Crippen molar-refractivity contribution in [2.24, 2.45) is 0 Å². The first-order valence-corrected chi connectivity index (χ1v) is 10.1. The minimum absolute atomic E-state index is 0.0482. The maximum atomic E-state index is 12.7. The Morgan fingerprint density at radius 2 is 1.93 bits per heavy atom. The van der Waals surface area contributed by atoms with Crippen LogP contribution >= 0.6 is 0 Å². The smallest absolute Gasteiger partial charge is 0.253 e. The second kappa shape index (κ2) is 9.09. The Hall–Kier alpha value is -2.87. The molecule has 1 atom stereocenters. The molecule has 0 aliphatic carbocycles. The van der Waals surface area contributed by atoms with Gasteiger partial charge in [0.2, 0.25) is 0 Å². The van der Waals surface area contributed by atoms with E-state index in [4.69, 9.17) is 9.47 Å². The van der Waals surface area contributed by atoms with Crippen LogP contribution in [0.2, 0.25) is 0 Å². The van der Waals surface area contributed by atoms with Crippen LogP contribution < -0.4 is 15.0 Å². The molecule has 0 radical (unpaired) electrons. The normalized spacial score (nSPS) is 19.3. The van der Waals surface area contributed by atoms with Gasteiger partial charge in [-0.3, -0.25) is 4.79 Å². The number of aromatic nitrogens is 2. The van der Waals surface area contributed by atoms with Crippen molar-refractivity contribution in [2.45, 2.75) is 18.9 Å². The van der Waals surface area contributed by atoms with Crippen molar-refractivity contribution in [3.8, 4) is 5.75 Å². The van der Waals surface area contributed by atoms with Crippen LogP contribution in [0.4, 0.5) is 11.6 Å². The quantitative estimate of drug-likeness (QED) is 0.799. The molecular formula is C21H27N5O3. The lowest BCUT2D eigenvalue weighted by molar-refractivity contribution is 0.0746. The van der Waals surface area contributed by atoms with Crippen LogP contribution in [0.5, 0.6) is 5.75 Å². The fourth-order valence-electron chi connectivity index (χ4n) is 3.67. The van der Waals surface area contributed by atoms with Crippen LogP contribution in [-0.4, -0.2) is 73.5 Å². The van der Waals surface area contributed by atoms with E-state index in [0.29, 0.717) is 18.7 Å². The van der Waals surface area contributed by atoms with Crippen molar-refractivity contribution in [2.75, 3.05) is 56.7 Å². The lowest BCUT2D eigenvalue weighted by Gasteiger charge is -2.35. The maximum Gasteiger partial charge on any atom is 0.253 e. The summed E-state index contributed by atoms with van der Waals surface area (Å²) in [5.41, 5.74) is 0.681. The van der Waals surface area contributed by atoms with Gasteiger partial charge in [0.25, 0.3) is 5.91 Å². The average Bonchev–Trinajstić information content (AvgIpc) is 3.31. The van der Waals surface area contributed by atoms with E-state index in [9.17, 15) is 4.79 Å². The van der Waals surface area contributed by atoms with Gasteiger partial charge < -0.3 is 24.6 Å². The first kappa shape index (κ1) is 19.4. The van der Waals surface area contributed by atoms with Gasteiger partial charge in [-0.25, -0.2) is 0 Å². The van der Waals surface area contributed by atoms with Crippen molar-refractivity contribution in [1.82, 2.24) is 15.1 Å². The average molecular weight is 397 g/mol. The van der Waals surface area contributed by atoms with E-state index in [1.54, 1.807) is 19.2 Å². The molecule has 4 rings (SSSR count). The second-order valence-corrected chi connectivity index (χ2v) is 7.30. The minimum atomic E-state index is 0.0482. The van der Waals surface area contributed by atoms with Gasteiger partial charge in [0.15, 0.2) is 5.82 Å². The Kier molecular flexibility index (Phi) is 6.09. The van der Waals surface area contributed by atoms with Crippen LogP contribution in [0.1, 0.15) is 23.2 Å². The molecule has 154 valence electrons. The summed E-state index contributed by atoms with van der Waals surface area (Å²) in [7, 11) is 1.62. The van der Waals surface area contributed by atoms with Gasteiger partial charge in [-0.05, 0) is 49.2 Å². The summed E-state index contributed by atoms with van der Waals surface area (Å²) in [4.78, 5) is 16.7. The first-order chi connectivity index (χ1) is 14.2. The largest absolute Gasteiger partial charge is 0.497 e. The Morgan fingerprint density at radius 3 is 2.55 bits per heavy atom. The Bertz CT molecular complexity index is 798. The summed E-state index contributed by atoms with van der Waals surface area (Å²) < 4.78 is 10.8. The number of nitrogens with zero attached hydrogens (tertiary/aromatic N) is 4. The fourth-order valence-corrected chi connectivity index (χ4v) is 3.67.